The number of ether oxygens (including phenoxy) is 1. The van der Waals surface area contributed by atoms with Crippen LogP contribution in [0, 0.1) is 17.2 Å². The van der Waals surface area contributed by atoms with E-state index in [1.54, 1.807) is 6.07 Å². The number of piperidine rings is 1. The fourth-order valence-electron chi connectivity index (χ4n) is 4.77. The summed E-state index contributed by atoms with van der Waals surface area (Å²) < 4.78 is 19.7. The van der Waals surface area contributed by atoms with Crippen molar-refractivity contribution in [2.75, 3.05) is 32.8 Å². The number of carbonyl (C=O) groups is 2. The molecule has 1 aromatic carbocycles. The van der Waals surface area contributed by atoms with Gasteiger partial charge in [-0.25, -0.2) is 4.39 Å². The van der Waals surface area contributed by atoms with Gasteiger partial charge in [0.25, 0.3) is 0 Å². The normalized spacial score (nSPS) is 24.0. The molecule has 4 rings (SSSR count). The summed E-state index contributed by atoms with van der Waals surface area (Å²) in [7, 11) is 0. The van der Waals surface area contributed by atoms with E-state index in [9.17, 15) is 14.0 Å². The second-order valence-corrected chi connectivity index (χ2v) is 9.10. The van der Waals surface area contributed by atoms with E-state index in [0.717, 1.165) is 50.9 Å². The van der Waals surface area contributed by atoms with Gasteiger partial charge in [0, 0.05) is 31.8 Å². The third kappa shape index (κ3) is 4.67. The van der Waals surface area contributed by atoms with E-state index in [1.165, 1.54) is 6.07 Å². The Bertz CT molecular complexity index is 769. The van der Waals surface area contributed by atoms with Gasteiger partial charge in [0.2, 0.25) is 11.8 Å². The summed E-state index contributed by atoms with van der Waals surface area (Å²) in [5, 5.41) is 0. The minimum Gasteiger partial charge on any atom is -0.376 e. The molecule has 0 bridgehead atoms. The van der Waals surface area contributed by atoms with Crippen molar-refractivity contribution in [3.63, 3.8) is 0 Å². The van der Waals surface area contributed by atoms with Crippen molar-refractivity contribution in [1.82, 2.24) is 9.80 Å². The first-order valence-corrected chi connectivity index (χ1v) is 11.1. The lowest BCUT2D eigenvalue weighted by Crippen LogP contribution is -2.49. The maximum Gasteiger partial charge on any atom is 0.238 e. The van der Waals surface area contributed by atoms with Gasteiger partial charge in [0.1, 0.15) is 11.2 Å². The molecule has 2 amide bonds. The highest BCUT2D eigenvalue weighted by atomic mass is 19.1. The molecule has 6 nitrogen and oxygen atoms in total. The summed E-state index contributed by atoms with van der Waals surface area (Å²) in [5.41, 5.74) is 5.30. The summed E-state index contributed by atoms with van der Waals surface area (Å²) in [4.78, 5) is 29.2. The number of amides is 2. The van der Waals surface area contributed by atoms with Crippen LogP contribution in [0.15, 0.2) is 24.3 Å². The highest BCUT2D eigenvalue weighted by Crippen LogP contribution is 2.47. The standard InChI is InChI=1S/C23H32FN3O3/c24-20-6-2-1-4-18(20)15-26-11-7-17(8-12-26)14-27(16-19-5-3-13-30-19)22(29)23(9-10-23)21(25)28/h1-2,4,6,17,19H,3,5,7-16H2,(H2,25,28)/t19-/m1/s1. The molecule has 0 aromatic heterocycles. The molecule has 164 valence electrons. The fraction of sp³-hybridized carbons (Fsp3) is 0.652. The van der Waals surface area contributed by atoms with Crippen molar-refractivity contribution in [2.24, 2.45) is 17.1 Å². The largest absolute Gasteiger partial charge is 0.376 e. The molecule has 3 aliphatic rings. The van der Waals surface area contributed by atoms with Crippen LogP contribution in [-0.2, 0) is 20.9 Å². The smallest absolute Gasteiger partial charge is 0.238 e. The van der Waals surface area contributed by atoms with Crippen LogP contribution in [0.2, 0.25) is 0 Å². The van der Waals surface area contributed by atoms with E-state index in [2.05, 4.69) is 4.90 Å². The number of halogens is 1. The number of primary amides is 1. The van der Waals surface area contributed by atoms with E-state index >= 15 is 0 Å². The van der Waals surface area contributed by atoms with Gasteiger partial charge in [0.15, 0.2) is 0 Å². The van der Waals surface area contributed by atoms with Crippen molar-refractivity contribution in [2.45, 2.75) is 51.2 Å². The van der Waals surface area contributed by atoms with Crippen LogP contribution in [0.3, 0.4) is 0 Å². The van der Waals surface area contributed by atoms with Gasteiger partial charge in [-0.05, 0) is 63.6 Å². The van der Waals surface area contributed by atoms with Crippen molar-refractivity contribution in [3.8, 4) is 0 Å². The molecule has 2 heterocycles. The number of likely N-dealkylation sites (tertiary alicyclic amines) is 1. The van der Waals surface area contributed by atoms with E-state index in [-0.39, 0.29) is 17.8 Å². The molecule has 2 N–H and O–H groups in total. The molecule has 0 unspecified atom stereocenters. The third-order valence-electron chi connectivity index (χ3n) is 6.90. The fourth-order valence-corrected chi connectivity index (χ4v) is 4.77. The van der Waals surface area contributed by atoms with Crippen LogP contribution < -0.4 is 5.73 Å². The van der Waals surface area contributed by atoms with Gasteiger partial charge >= 0.3 is 0 Å². The second kappa shape index (κ2) is 9.02. The van der Waals surface area contributed by atoms with Crippen LogP contribution in [0.4, 0.5) is 4.39 Å². The first-order valence-electron chi connectivity index (χ1n) is 11.1. The lowest BCUT2D eigenvalue weighted by molar-refractivity contribution is -0.145. The number of carbonyl (C=O) groups excluding carboxylic acids is 2. The maximum absolute atomic E-state index is 13.9. The lowest BCUT2D eigenvalue weighted by atomic mass is 9.94. The monoisotopic (exact) mass is 417 g/mol. The summed E-state index contributed by atoms with van der Waals surface area (Å²) in [6.45, 7) is 4.29. The number of hydrogen-bond donors (Lipinski definition) is 1. The molecule has 1 atom stereocenters. The molecule has 1 aromatic rings. The lowest BCUT2D eigenvalue weighted by Gasteiger charge is -2.36. The van der Waals surface area contributed by atoms with Gasteiger partial charge in [-0.2, -0.15) is 0 Å². The van der Waals surface area contributed by atoms with Crippen LogP contribution in [0.1, 0.15) is 44.1 Å². The SMILES string of the molecule is NC(=O)C1(C(=O)N(CC2CCN(Cc3ccccc3F)CC2)C[C@H]2CCCO2)CC1. The Morgan fingerprint density at radius 3 is 2.50 bits per heavy atom. The highest BCUT2D eigenvalue weighted by molar-refractivity contribution is 6.07. The molecule has 2 aliphatic heterocycles. The van der Waals surface area contributed by atoms with Gasteiger partial charge in [-0.1, -0.05) is 18.2 Å². The van der Waals surface area contributed by atoms with Crippen LogP contribution in [0.5, 0.6) is 0 Å². The van der Waals surface area contributed by atoms with Crippen molar-refractivity contribution in [3.05, 3.63) is 35.6 Å². The van der Waals surface area contributed by atoms with E-state index < -0.39 is 11.3 Å². The number of rotatable bonds is 8. The molecule has 2 saturated heterocycles. The predicted molar refractivity (Wildman–Crippen MR) is 111 cm³/mol. The van der Waals surface area contributed by atoms with E-state index in [1.807, 2.05) is 17.0 Å². The zero-order chi connectivity index (χ0) is 21.1. The molecule has 3 fully saturated rings. The molecular weight excluding hydrogens is 385 g/mol. The predicted octanol–water partition coefficient (Wildman–Crippen LogP) is 2.31. The Morgan fingerprint density at radius 2 is 1.90 bits per heavy atom. The molecule has 7 heteroatoms. The van der Waals surface area contributed by atoms with Crippen molar-refractivity contribution in [1.29, 1.82) is 0 Å². The maximum atomic E-state index is 13.9. The van der Waals surface area contributed by atoms with E-state index in [4.69, 9.17) is 10.5 Å². The van der Waals surface area contributed by atoms with Crippen molar-refractivity contribution < 1.29 is 18.7 Å². The Labute approximate surface area is 177 Å². The number of nitrogens with two attached hydrogens (primary N) is 1. The zero-order valence-electron chi connectivity index (χ0n) is 17.5. The highest BCUT2D eigenvalue weighted by Gasteiger charge is 2.57. The molecular formula is C23H32FN3O3. The number of hydrogen-bond acceptors (Lipinski definition) is 4. The summed E-state index contributed by atoms with van der Waals surface area (Å²) in [6.07, 6.45) is 5.05. The minimum atomic E-state index is -0.982. The molecule has 0 spiro atoms. The van der Waals surface area contributed by atoms with Crippen LogP contribution in [-0.4, -0.2) is 60.5 Å². The summed E-state index contributed by atoms with van der Waals surface area (Å²) in [6, 6.07) is 6.92. The van der Waals surface area contributed by atoms with Gasteiger partial charge in [-0.3, -0.25) is 14.5 Å². The average molecular weight is 418 g/mol. The van der Waals surface area contributed by atoms with Gasteiger partial charge in [-0.15, -0.1) is 0 Å². The van der Waals surface area contributed by atoms with Gasteiger partial charge in [0.05, 0.1) is 6.10 Å². The Balaban J connectivity index is 1.34. The molecule has 0 radical (unpaired) electrons. The summed E-state index contributed by atoms with van der Waals surface area (Å²) >= 11 is 0. The Hall–Kier alpha value is -1.99. The Kier molecular flexibility index (Phi) is 6.39. The van der Waals surface area contributed by atoms with Crippen LogP contribution >= 0.6 is 0 Å². The third-order valence-corrected chi connectivity index (χ3v) is 6.90. The first-order chi connectivity index (χ1) is 14.5. The van der Waals surface area contributed by atoms with E-state index in [0.29, 0.717) is 38.4 Å². The quantitative estimate of drug-likeness (QED) is 0.659. The molecule has 1 saturated carbocycles. The molecule has 30 heavy (non-hydrogen) atoms. The average Bonchev–Trinajstić information content (AvgIpc) is 3.41. The molecule has 1 aliphatic carbocycles. The minimum absolute atomic E-state index is 0.0544. The second-order valence-electron chi connectivity index (χ2n) is 9.10. The zero-order valence-corrected chi connectivity index (χ0v) is 17.5. The summed E-state index contributed by atoms with van der Waals surface area (Å²) in [5.74, 6) is -0.395. The van der Waals surface area contributed by atoms with Crippen LogP contribution in [0.25, 0.3) is 0 Å². The Morgan fingerprint density at radius 1 is 1.17 bits per heavy atom. The van der Waals surface area contributed by atoms with Crippen molar-refractivity contribution >= 4 is 11.8 Å². The number of nitrogens with zero attached hydrogens (tertiary/aromatic N) is 2. The number of benzene rings is 1. The van der Waals surface area contributed by atoms with Gasteiger partial charge < -0.3 is 15.4 Å². The first kappa shape index (κ1) is 21.2. The topological polar surface area (TPSA) is 75.9 Å².